The van der Waals surface area contributed by atoms with E-state index < -0.39 is 27.6 Å². The molecule has 1 fully saturated rings. The molecule has 0 bridgehead atoms. The van der Waals surface area contributed by atoms with Gasteiger partial charge in [0.2, 0.25) is 16.0 Å². The average molecular weight is 623 g/mol. The Balaban J connectivity index is 1.55. The lowest BCUT2D eigenvalue weighted by Crippen LogP contribution is -2.43. The van der Waals surface area contributed by atoms with Crippen LogP contribution in [0.1, 0.15) is 34.3 Å². The van der Waals surface area contributed by atoms with Gasteiger partial charge in [0, 0.05) is 43.2 Å². The van der Waals surface area contributed by atoms with Crippen LogP contribution in [0.5, 0.6) is 5.75 Å². The minimum absolute atomic E-state index is 0.0585. The maximum Gasteiger partial charge on any atom is 0.421 e. The molecule has 232 valence electrons. The van der Waals surface area contributed by atoms with Crippen LogP contribution in [0, 0.1) is 0 Å². The van der Waals surface area contributed by atoms with Crippen molar-refractivity contribution in [2.75, 3.05) is 55.5 Å². The highest BCUT2D eigenvalue weighted by atomic mass is 32.2. The van der Waals surface area contributed by atoms with Crippen LogP contribution in [0.15, 0.2) is 42.7 Å². The van der Waals surface area contributed by atoms with Gasteiger partial charge in [-0.15, -0.1) is 0 Å². The van der Waals surface area contributed by atoms with Crippen LogP contribution < -0.4 is 25.0 Å². The number of amides is 1. The number of hydrogen-bond donors (Lipinski definition) is 3. The van der Waals surface area contributed by atoms with Gasteiger partial charge in [-0.2, -0.15) is 18.2 Å². The van der Waals surface area contributed by atoms with E-state index in [2.05, 4.69) is 35.8 Å². The fourth-order valence-corrected chi connectivity index (χ4v) is 4.93. The third kappa shape index (κ3) is 8.01. The van der Waals surface area contributed by atoms with Gasteiger partial charge in [-0.25, -0.2) is 18.4 Å². The Morgan fingerprint density at radius 3 is 2.56 bits per heavy atom. The number of rotatable bonds is 10. The predicted octanol–water partition coefficient (Wildman–Crippen LogP) is 3.47. The molecule has 4 rings (SSSR count). The number of halogens is 3. The summed E-state index contributed by atoms with van der Waals surface area (Å²) in [6, 6.07) is 7.80. The summed E-state index contributed by atoms with van der Waals surface area (Å²) in [5, 5.41) is 8.52. The Bertz CT molecular complexity index is 1560. The first kappa shape index (κ1) is 31.7. The Morgan fingerprint density at radius 1 is 1.19 bits per heavy atom. The minimum Gasteiger partial charge on any atom is -0.495 e. The maximum atomic E-state index is 13.8. The van der Waals surface area contributed by atoms with E-state index in [9.17, 15) is 26.4 Å². The highest BCUT2D eigenvalue weighted by molar-refractivity contribution is 7.92. The first-order valence-corrected chi connectivity index (χ1v) is 15.1. The molecule has 3 aromatic rings. The van der Waals surface area contributed by atoms with Crippen LogP contribution in [0.4, 0.5) is 36.4 Å². The van der Waals surface area contributed by atoms with Gasteiger partial charge < -0.3 is 25.6 Å². The van der Waals surface area contributed by atoms with E-state index in [1.165, 1.54) is 32.5 Å². The van der Waals surface area contributed by atoms with E-state index in [4.69, 9.17) is 4.74 Å². The molecule has 1 aliphatic heterocycles. The molecule has 0 saturated carbocycles. The number of benzene rings is 1. The van der Waals surface area contributed by atoms with Crippen LogP contribution >= 0.6 is 0 Å². The fourth-order valence-electron chi connectivity index (χ4n) is 4.45. The lowest BCUT2D eigenvalue weighted by molar-refractivity contribution is -0.137. The number of sulfonamides is 1. The number of carbonyl (C=O) groups is 1. The first-order chi connectivity index (χ1) is 20.3. The van der Waals surface area contributed by atoms with Crippen molar-refractivity contribution in [1.29, 1.82) is 0 Å². The summed E-state index contributed by atoms with van der Waals surface area (Å²) >= 11 is 0. The Morgan fingerprint density at radius 2 is 1.91 bits per heavy atom. The zero-order valence-electron chi connectivity index (χ0n) is 24.1. The number of likely N-dealkylation sites (tertiary alicyclic amines) is 1. The van der Waals surface area contributed by atoms with Crippen molar-refractivity contribution in [2.45, 2.75) is 31.6 Å². The lowest BCUT2D eigenvalue weighted by atomic mass is 10.0. The topological polar surface area (TPSA) is 142 Å². The van der Waals surface area contributed by atoms with Crippen molar-refractivity contribution in [1.82, 2.24) is 25.2 Å². The van der Waals surface area contributed by atoms with Crippen molar-refractivity contribution in [3.8, 4) is 5.75 Å². The second-order valence-electron chi connectivity index (χ2n) is 10.1. The number of piperidine rings is 1. The van der Waals surface area contributed by atoms with E-state index in [1.807, 2.05) is 7.05 Å². The number of nitrogens with one attached hydrogen (secondary N) is 3. The number of hydrogen-bond acceptors (Lipinski definition) is 10. The zero-order valence-corrected chi connectivity index (χ0v) is 24.9. The maximum absolute atomic E-state index is 13.8. The highest BCUT2D eigenvalue weighted by Crippen LogP contribution is 2.35. The van der Waals surface area contributed by atoms with Gasteiger partial charge in [-0.05, 0) is 57.2 Å². The predicted molar refractivity (Wildman–Crippen MR) is 156 cm³/mol. The standard InChI is InChI=1S/C27H33F3N8O4S/c1-37-12-9-19(10-13-37)34-25(39)17-7-8-21(22(14-17)42-3)35-26-33-16-20(27(28,29)30)23(36-26)32-15-18-6-5-11-31-24(18)38(2)43(4,40)41/h5-8,11,14,16,19H,9-10,12-13,15H2,1-4H3,(H,34,39)(H2,32,33,35,36). The average Bonchev–Trinajstić information content (AvgIpc) is 2.96. The SMILES string of the molecule is COc1cc(C(=O)NC2CCN(C)CC2)ccc1Nc1ncc(C(F)(F)F)c(NCc2cccnc2N(C)S(C)(=O)=O)n1. The molecule has 16 heteroatoms. The molecule has 1 aliphatic rings. The number of carbonyl (C=O) groups excluding carboxylic acids is 1. The van der Waals surface area contributed by atoms with E-state index in [1.54, 1.807) is 18.2 Å². The Kier molecular flexibility index (Phi) is 9.59. The van der Waals surface area contributed by atoms with Gasteiger partial charge in [0.05, 0.1) is 19.1 Å². The molecule has 3 heterocycles. The molecule has 1 amide bonds. The van der Waals surface area contributed by atoms with E-state index in [0.29, 0.717) is 23.0 Å². The number of aromatic nitrogens is 3. The molecule has 0 atom stereocenters. The van der Waals surface area contributed by atoms with Gasteiger partial charge >= 0.3 is 6.18 Å². The number of anilines is 4. The van der Waals surface area contributed by atoms with Crippen LogP contribution in [-0.2, 0) is 22.7 Å². The van der Waals surface area contributed by atoms with Crippen LogP contribution in [0.25, 0.3) is 0 Å². The van der Waals surface area contributed by atoms with Gasteiger partial charge in [0.15, 0.2) is 0 Å². The number of methoxy groups -OCH3 is 1. The van der Waals surface area contributed by atoms with Crippen molar-refractivity contribution >= 4 is 39.2 Å². The lowest BCUT2D eigenvalue weighted by Gasteiger charge is -2.29. The summed E-state index contributed by atoms with van der Waals surface area (Å²) in [5.74, 6) is -0.638. The summed E-state index contributed by atoms with van der Waals surface area (Å²) in [6.07, 6.45) is -0.0749. The van der Waals surface area contributed by atoms with Crippen LogP contribution in [0.3, 0.4) is 0 Å². The molecule has 0 radical (unpaired) electrons. The highest BCUT2D eigenvalue weighted by Gasteiger charge is 2.35. The van der Waals surface area contributed by atoms with E-state index in [-0.39, 0.29) is 36.0 Å². The first-order valence-electron chi connectivity index (χ1n) is 13.3. The van der Waals surface area contributed by atoms with Crippen LogP contribution in [0.2, 0.25) is 0 Å². The van der Waals surface area contributed by atoms with Gasteiger partial charge in [-0.3, -0.25) is 9.10 Å². The third-order valence-electron chi connectivity index (χ3n) is 6.97. The van der Waals surface area contributed by atoms with Crippen molar-refractivity contribution in [2.24, 2.45) is 0 Å². The third-order valence-corrected chi connectivity index (χ3v) is 8.14. The van der Waals surface area contributed by atoms with Crippen molar-refractivity contribution in [3.05, 3.63) is 59.4 Å². The van der Waals surface area contributed by atoms with Gasteiger partial charge in [0.1, 0.15) is 22.9 Å². The normalized spacial score (nSPS) is 14.7. The monoisotopic (exact) mass is 622 g/mol. The molecular formula is C27H33F3N8O4S. The summed E-state index contributed by atoms with van der Waals surface area (Å²) in [5.41, 5.74) is -0.1000. The molecule has 1 saturated heterocycles. The fraction of sp³-hybridized carbons (Fsp3) is 0.407. The summed E-state index contributed by atoms with van der Waals surface area (Å²) in [6.45, 7) is 1.57. The summed E-state index contributed by atoms with van der Waals surface area (Å²) in [4.78, 5) is 27.0. The van der Waals surface area contributed by atoms with Crippen molar-refractivity contribution < 1.29 is 31.1 Å². The Labute approximate surface area is 247 Å². The molecule has 2 aromatic heterocycles. The molecule has 1 aromatic carbocycles. The van der Waals surface area contributed by atoms with Crippen molar-refractivity contribution in [3.63, 3.8) is 0 Å². The molecule has 0 spiro atoms. The summed E-state index contributed by atoms with van der Waals surface area (Å²) < 4.78 is 71.9. The largest absolute Gasteiger partial charge is 0.495 e. The summed E-state index contributed by atoms with van der Waals surface area (Å²) in [7, 11) is 1.06. The molecule has 3 N–H and O–H groups in total. The molecule has 0 aliphatic carbocycles. The van der Waals surface area contributed by atoms with E-state index >= 15 is 0 Å². The second-order valence-corrected chi connectivity index (χ2v) is 12.1. The van der Waals surface area contributed by atoms with E-state index in [0.717, 1.165) is 36.5 Å². The molecule has 0 unspecified atom stereocenters. The number of nitrogens with zero attached hydrogens (tertiary/aromatic N) is 5. The number of pyridine rings is 1. The molecule has 43 heavy (non-hydrogen) atoms. The Hall–Kier alpha value is -4.18. The van der Waals surface area contributed by atoms with Crippen LogP contribution in [-0.4, -0.2) is 80.8 Å². The second kappa shape index (κ2) is 13.0. The number of alkyl halides is 3. The number of ether oxygens (including phenoxy) is 1. The minimum atomic E-state index is -4.78. The quantitative estimate of drug-likeness (QED) is 0.308. The van der Waals surface area contributed by atoms with Gasteiger partial charge in [-0.1, -0.05) is 6.07 Å². The molecular weight excluding hydrogens is 589 g/mol. The molecule has 12 nitrogen and oxygen atoms in total. The zero-order chi connectivity index (χ0) is 31.4. The smallest absolute Gasteiger partial charge is 0.421 e. The van der Waals surface area contributed by atoms with Gasteiger partial charge in [0.25, 0.3) is 5.91 Å².